The summed E-state index contributed by atoms with van der Waals surface area (Å²) in [4.78, 5) is 0.128. The Morgan fingerprint density at radius 2 is 1.75 bits per heavy atom. The van der Waals surface area contributed by atoms with Crippen LogP contribution in [0.3, 0.4) is 0 Å². The smallest absolute Gasteiger partial charge is 0.297 e. The second-order valence-corrected chi connectivity index (χ2v) is 6.24. The summed E-state index contributed by atoms with van der Waals surface area (Å²) in [5.41, 5.74) is 0.985. The molecule has 0 aliphatic heterocycles. The predicted molar refractivity (Wildman–Crippen MR) is 76.0 cm³/mol. The summed E-state index contributed by atoms with van der Waals surface area (Å²) >= 11 is 0. The summed E-state index contributed by atoms with van der Waals surface area (Å²) in [7, 11) is -3.79. The minimum absolute atomic E-state index is 0.0720. The first-order chi connectivity index (χ1) is 9.35. The van der Waals surface area contributed by atoms with E-state index in [9.17, 15) is 8.42 Å². The van der Waals surface area contributed by atoms with Gasteiger partial charge in [-0.3, -0.25) is 4.18 Å². The summed E-state index contributed by atoms with van der Waals surface area (Å²) in [6.45, 7) is 7.65. The highest BCUT2D eigenvalue weighted by Gasteiger charge is 2.19. The zero-order chi connectivity index (χ0) is 15.2. The van der Waals surface area contributed by atoms with Crippen LogP contribution in [0.1, 0.15) is 26.3 Å². The molecule has 0 unspecified atom stereocenters. The van der Waals surface area contributed by atoms with E-state index in [-0.39, 0.29) is 17.6 Å². The zero-order valence-electron chi connectivity index (χ0n) is 12.3. The third-order valence-electron chi connectivity index (χ3n) is 2.45. The molecule has 0 bridgehead atoms. The third kappa shape index (κ3) is 5.58. The summed E-state index contributed by atoms with van der Waals surface area (Å²) in [5.74, 6) is 0. The Bertz CT molecular complexity index is 493. The van der Waals surface area contributed by atoms with Crippen LogP contribution in [0.15, 0.2) is 29.2 Å². The Morgan fingerprint density at radius 1 is 1.15 bits per heavy atom. The molecule has 1 aromatic rings. The second-order valence-electron chi connectivity index (χ2n) is 4.62. The van der Waals surface area contributed by atoms with Crippen molar-refractivity contribution in [2.75, 3.05) is 13.2 Å². The zero-order valence-corrected chi connectivity index (χ0v) is 13.1. The minimum atomic E-state index is -3.79. The van der Waals surface area contributed by atoms with E-state index in [1.807, 2.05) is 27.7 Å². The number of hydrogen-bond acceptors (Lipinski definition) is 5. The van der Waals surface area contributed by atoms with Crippen molar-refractivity contribution in [2.24, 2.45) is 0 Å². The number of ether oxygens (including phenoxy) is 2. The minimum Gasteiger partial charge on any atom is -0.350 e. The highest BCUT2D eigenvalue weighted by molar-refractivity contribution is 7.86. The van der Waals surface area contributed by atoms with Crippen molar-refractivity contribution in [3.63, 3.8) is 0 Å². The lowest BCUT2D eigenvalue weighted by atomic mass is 10.2. The standard InChI is InChI=1S/C14H22O5S/c1-5-17-14(19-11(2)3)10-18-20(15,16)13-8-6-12(4)7-9-13/h6-9,11,14H,5,10H2,1-4H3/t14-/m1/s1. The molecular weight excluding hydrogens is 280 g/mol. The molecule has 5 nitrogen and oxygen atoms in total. The van der Waals surface area contributed by atoms with Crippen molar-refractivity contribution in [3.05, 3.63) is 29.8 Å². The molecule has 1 rings (SSSR count). The van der Waals surface area contributed by atoms with Gasteiger partial charge in [-0.2, -0.15) is 8.42 Å². The molecule has 0 aromatic heterocycles. The molecular formula is C14H22O5S. The van der Waals surface area contributed by atoms with Crippen molar-refractivity contribution < 1.29 is 22.1 Å². The first-order valence-corrected chi connectivity index (χ1v) is 7.99. The Hall–Kier alpha value is -0.950. The molecule has 0 spiro atoms. The van der Waals surface area contributed by atoms with E-state index in [1.54, 1.807) is 12.1 Å². The number of aryl methyl sites for hydroxylation is 1. The highest BCUT2D eigenvalue weighted by Crippen LogP contribution is 2.14. The van der Waals surface area contributed by atoms with E-state index < -0.39 is 16.4 Å². The van der Waals surface area contributed by atoms with E-state index in [1.165, 1.54) is 12.1 Å². The van der Waals surface area contributed by atoms with Gasteiger partial charge < -0.3 is 9.47 Å². The fourth-order valence-electron chi connectivity index (χ4n) is 1.53. The van der Waals surface area contributed by atoms with Crippen LogP contribution >= 0.6 is 0 Å². The topological polar surface area (TPSA) is 61.8 Å². The highest BCUT2D eigenvalue weighted by atomic mass is 32.2. The molecule has 0 heterocycles. The quantitative estimate of drug-likeness (QED) is 0.545. The average Bonchev–Trinajstić information content (AvgIpc) is 2.36. The van der Waals surface area contributed by atoms with E-state index in [0.717, 1.165) is 5.56 Å². The van der Waals surface area contributed by atoms with Crippen LogP contribution in [0, 0.1) is 6.92 Å². The molecule has 0 saturated carbocycles. The molecule has 1 aromatic carbocycles. The van der Waals surface area contributed by atoms with Crippen molar-refractivity contribution in [1.29, 1.82) is 0 Å². The van der Waals surface area contributed by atoms with Gasteiger partial charge in [0.15, 0.2) is 6.29 Å². The summed E-state index contributed by atoms with van der Waals surface area (Å²) < 4.78 is 39.7. The molecule has 0 radical (unpaired) electrons. The Labute approximate surface area is 121 Å². The van der Waals surface area contributed by atoms with Crippen molar-refractivity contribution >= 4 is 10.1 Å². The summed E-state index contributed by atoms with van der Waals surface area (Å²) in [5, 5.41) is 0. The van der Waals surface area contributed by atoms with Crippen LogP contribution in [-0.4, -0.2) is 34.0 Å². The maximum Gasteiger partial charge on any atom is 0.297 e. The molecule has 114 valence electrons. The Morgan fingerprint density at radius 3 is 2.25 bits per heavy atom. The Balaban J connectivity index is 2.67. The molecule has 0 aliphatic rings. The monoisotopic (exact) mass is 302 g/mol. The molecule has 0 N–H and O–H groups in total. The van der Waals surface area contributed by atoms with Gasteiger partial charge in [-0.15, -0.1) is 0 Å². The largest absolute Gasteiger partial charge is 0.350 e. The third-order valence-corrected chi connectivity index (χ3v) is 3.74. The van der Waals surface area contributed by atoms with Crippen LogP contribution in [0.2, 0.25) is 0 Å². The summed E-state index contributed by atoms with van der Waals surface area (Å²) in [6.07, 6.45) is -0.766. The molecule has 0 saturated heterocycles. The Kier molecular flexibility index (Phi) is 6.61. The van der Waals surface area contributed by atoms with Crippen molar-refractivity contribution in [3.8, 4) is 0 Å². The van der Waals surface area contributed by atoms with Gasteiger partial charge in [0, 0.05) is 6.61 Å². The maximum absolute atomic E-state index is 12.0. The van der Waals surface area contributed by atoms with Gasteiger partial charge >= 0.3 is 0 Å². The predicted octanol–water partition coefficient (Wildman–Crippen LogP) is 2.49. The van der Waals surface area contributed by atoms with Gasteiger partial charge in [0.25, 0.3) is 10.1 Å². The first-order valence-electron chi connectivity index (χ1n) is 6.58. The lowest BCUT2D eigenvalue weighted by Gasteiger charge is -2.19. The van der Waals surface area contributed by atoms with Gasteiger partial charge in [0.2, 0.25) is 0 Å². The van der Waals surface area contributed by atoms with Gasteiger partial charge in [-0.25, -0.2) is 0 Å². The van der Waals surface area contributed by atoms with E-state index >= 15 is 0 Å². The van der Waals surface area contributed by atoms with E-state index in [4.69, 9.17) is 13.7 Å². The lowest BCUT2D eigenvalue weighted by molar-refractivity contribution is -0.173. The molecule has 1 atom stereocenters. The van der Waals surface area contributed by atoms with Crippen molar-refractivity contribution in [2.45, 2.75) is 45.0 Å². The van der Waals surface area contributed by atoms with E-state index in [0.29, 0.717) is 6.61 Å². The molecule has 0 amide bonds. The van der Waals surface area contributed by atoms with Gasteiger partial charge in [-0.1, -0.05) is 17.7 Å². The SMILES string of the molecule is CCO[C@@H](COS(=O)(=O)c1ccc(C)cc1)OC(C)C. The molecule has 20 heavy (non-hydrogen) atoms. The van der Waals surface area contributed by atoms with Gasteiger partial charge in [0.05, 0.1) is 11.0 Å². The van der Waals surface area contributed by atoms with Crippen molar-refractivity contribution in [1.82, 2.24) is 0 Å². The number of benzene rings is 1. The van der Waals surface area contributed by atoms with Crippen LogP contribution in [0.4, 0.5) is 0 Å². The molecule has 0 fully saturated rings. The lowest BCUT2D eigenvalue weighted by Crippen LogP contribution is -2.28. The summed E-state index contributed by atoms with van der Waals surface area (Å²) in [6, 6.07) is 6.48. The maximum atomic E-state index is 12.0. The van der Waals surface area contributed by atoms with Crippen LogP contribution in [0.5, 0.6) is 0 Å². The number of rotatable bonds is 8. The van der Waals surface area contributed by atoms with Crippen LogP contribution < -0.4 is 0 Å². The average molecular weight is 302 g/mol. The fraction of sp³-hybridized carbons (Fsp3) is 0.571. The van der Waals surface area contributed by atoms with Crippen LogP contribution in [0.25, 0.3) is 0 Å². The first kappa shape index (κ1) is 17.1. The molecule has 0 aliphatic carbocycles. The van der Waals surface area contributed by atoms with Gasteiger partial charge in [-0.05, 0) is 39.8 Å². The van der Waals surface area contributed by atoms with Gasteiger partial charge in [0.1, 0.15) is 6.61 Å². The van der Waals surface area contributed by atoms with Crippen LogP contribution in [-0.2, 0) is 23.8 Å². The molecule has 6 heteroatoms. The van der Waals surface area contributed by atoms with E-state index in [2.05, 4.69) is 0 Å². The second kappa shape index (κ2) is 7.73. The fourth-order valence-corrected chi connectivity index (χ4v) is 2.43. The number of hydrogen-bond donors (Lipinski definition) is 0. The normalized spacial score (nSPS) is 13.7.